The van der Waals surface area contributed by atoms with Crippen LogP contribution in [-0.4, -0.2) is 28.9 Å². The molecule has 0 unspecified atom stereocenters. The van der Waals surface area contributed by atoms with E-state index >= 15 is 0 Å². The fraction of sp³-hybridized carbons (Fsp3) is 0.552. The molecule has 0 aromatic heterocycles. The van der Waals surface area contributed by atoms with Gasteiger partial charge in [-0.15, -0.1) is 0 Å². The highest BCUT2D eigenvalue weighted by molar-refractivity contribution is 5.71. The fourth-order valence-corrected chi connectivity index (χ4v) is 5.29. The SMILES string of the molecule is Cc1c2c(c(CC[C@@H]3C[C@@H](O)CC(=O)O3)c(C(C)(C)C)c1OCc1ccccc1)OC(C)(C)C2. The van der Waals surface area contributed by atoms with Gasteiger partial charge in [-0.1, -0.05) is 51.1 Å². The summed E-state index contributed by atoms with van der Waals surface area (Å²) in [6.45, 7) is 13.5. The lowest BCUT2D eigenvalue weighted by Crippen LogP contribution is -2.33. The van der Waals surface area contributed by atoms with E-state index in [1.165, 1.54) is 5.56 Å². The Morgan fingerprint density at radius 3 is 2.53 bits per heavy atom. The van der Waals surface area contributed by atoms with E-state index in [-0.39, 0.29) is 29.5 Å². The van der Waals surface area contributed by atoms with Crippen LogP contribution in [0.2, 0.25) is 0 Å². The number of esters is 1. The smallest absolute Gasteiger partial charge is 0.308 e. The summed E-state index contributed by atoms with van der Waals surface area (Å²) in [6.07, 6.45) is 1.80. The van der Waals surface area contributed by atoms with Gasteiger partial charge in [0.25, 0.3) is 0 Å². The minimum atomic E-state index is -0.628. The molecule has 0 aliphatic carbocycles. The summed E-state index contributed by atoms with van der Waals surface area (Å²) in [5.74, 6) is 1.58. The number of carbonyl (C=O) groups excluding carboxylic acids is 1. The Kier molecular flexibility index (Phi) is 6.69. The third-order valence-corrected chi connectivity index (χ3v) is 6.78. The summed E-state index contributed by atoms with van der Waals surface area (Å²) >= 11 is 0. The van der Waals surface area contributed by atoms with Crippen molar-refractivity contribution in [3.8, 4) is 11.5 Å². The number of aliphatic hydroxyl groups excluding tert-OH is 1. The summed E-state index contributed by atoms with van der Waals surface area (Å²) in [4.78, 5) is 11.9. The normalized spacial score (nSPS) is 21.6. The number of hydrogen-bond acceptors (Lipinski definition) is 5. The minimum Gasteiger partial charge on any atom is -0.488 e. The number of rotatable bonds is 6. The minimum absolute atomic E-state index is 0.0818. The average Bonchev–Trinajstić information content (AvgIpc) is 3.07. The molecule has 2 aromatic carbocycles. The van der Waals surface area contributed by atoms with Gasteiger partial charge in [0.05, 0.1) is 12.5 Å². The molecule has 5 nitrogen and oxygen atoms in total. The van der Waals surface area contributed by atoms with Crippen molar-refractivity contribution in [2.24, 2.45) is 0 Å². The summed E-state index contributed by atoms with van der Waals surface area (Å²) in [6, 6.07) is 10.2. The van der Waals surface area contributed by atoms with Crippen LogP contribution in [-0.2, 0) is 34.4 Å². The topological polar surface area (TPSA) is 65.0 Å². The molecule has 2 heterocycles. The van der Waals surface area contributed by atoms with Crippen LogP contribution in [0.15, 0.2) is 30.3 Å². The number of hydrogen-bond donors (Lipinski definition) is 1. The van der Waals surface area contributed by atoms with Crippen molar-refractivity contribution in [3.63, 3.8) is 0 Å². The molecule has 0 bridgehead atoms. The van der Waals surface area contributed by atoms with Crippen LogP contribution in [0.1, 0.15) is 81.7 Å². The molecule has 4 rings (SSSR count). The van der Waals surface area contributed by atoms with Gasteiger partial charge in [0, 0.05) is 29.5 Å². The molecule has 2 aromatic rings. The first kappa shape index (κ1) is 24.6. The van der Waals surface area contributed by atoms with Crippen molar-refractivity contribution in [3.05, 3.63) is 58.1 Å². The lowest BCUT2D eigenvalue weighted by Gasteiger charge is -2.31. The van der Waals surface area contributed by atoms with Crippen molar-refractivity contribution in [1.82, 2.24) is 0 Å². The molecular formula is C29H38O5. The van der Waals surface area contributed by atoms with Crippen molar-refractivity contribution in [2.75, 3.05) is 0 Å². The van der Waals surface area contributed by atoms with Gasteiger partial charge in [-0.05, 0) is 50.2 Å². The Morgan fingerprint density at radius 2 is 1.88 bits per heavy atom. The second-order valence-corrected chi connectivity index (χ2v) is 11.4. The standard InChI is InChI=1S/C29H38O5/c1-18-23-16-29(5,6)34-27(23)22(13-12-21-14-20(30)15-24(31)33-21)25(28(2,3)4)26(18)32-17-19-10-8-7-9-11-19/h7-11,20-21,30H,12-17H2,1-6H3/t20-,21-/m1/s1. The first-order valence-corrected chi connectivity index (χ1v) is 12.4. The van der Waals surface area contributed by atoms with Gasteiger partial charge in [0.2, 0.25) is 0 Å². The Balaban J connectivity index is 1.75. The molecule has 2 aliphatic rings. The molecule has 5 heteroatoms. The third-order valence-electron chi connectivity index (χ3n) is 6.78. The molecule has 2 atom stereocenters. The van der Waals surface area contributed by atoms with E-state index in [1.807, 2.05) is 18.2 Å². The third kappa shape index (κ3) is 5.25. The summed E-state index contributed by atoms with van der Waals surface area (Å²) in [7, 11) is 0. The van der Waals surface area contributed by atoms with Crippen LogP contribution in [0.5, 0.6) is 11.5 Å². The number of fused-ring (bicyclic) bond motifs is 1. The van der Waals surface area contributed by atoms with Gasteiger partial charge in [-0.2, -0.15) is 0 Å². The van der Waals surface area contributed by atoms with Crippen LogP contribution in [0.3, 0.4) is 0 Å². The highest BCUT2D eigenvalue weighted by atomic mass is 16.5. The zero-order valence-corrected chi connectivity index (χ0v) is 21.4. The van der Waals surface area contributed by atoms with Crippen LogP contribution in [0.4, 0.5) is 0 Å². The Labute approximate surface area is 203 Å². The van der Waals surface area contributed by atoms with Gasteiger partial charge in [0.1, 0.15) is 29.8 Å². The molecule has 0 saturated carbocycles. The van der Waals surface area contributed by atoms with Gasteiger partial charge in [0.15, 0.2) is 0 Å². The summed E-state index contributed by atoms with van der Waals surface area (Å²) in [5.41, 5.74) is 5.30. The molecule has 34 heavy (non-hydrogen) atoms. The maximum Gasteiger partial charge on any atom is 0.308 e. The van der Waals surface area contributed by atoms with Gasteiger partial charge in [-0.25, -0.2) is 0 Å². The molecule has 0 radical (unpaired) electrons. The lowest BCUT2D eigenvalue weighted by atomic mass is 9.78. The average molecular weight is 467 g/mol. The van der Waals surface area contributed by atoms with Crippen molar-refractivity contribution >= 4 is 5.97 Å². The molecule has 0 amide bonds. The van der Waals surface area contributed by atoms with Crippen LogP contribution in [0.25, 0.3) is 0 Å². The molecule has 1 N–H and O–H groups in total. The second kappa shape index (κ2) is 9.26. The first-order valence-electron chi connectivity index (χ1n) is 12.4. The zero-order chi connectivity index (χ0) is 24.7. The lowest BCUT2D eigenvalue weighted by molar-refractivity contribution is -0.160. The molecule has 1 fully saturated rings. The monoisotopic (exact) mass is 466 g/mol. The fourth-order valence-electron chi connectivity index (χ4n) is 5.29. The molecule has 0 spiro atoms. The van der Waals surface area contributed by atoms with Crippen molar-refractivity contribution in [2.45, 2.75) is 103 Å². The first-order chi connectivity index (χ1) is 15.9. The Hall–Kier alpha value is -2.53. The van der Waals surface area contributed by atoms with E-state index in [2.05, 4.69) is 53.7 Å². The number of ether oxygens (including phenoxy) is 3. The van der Waals surface area contributed by atoms with E-state index in [0.29, 0.717) is 25.9 Å². The number of carbonyl (C=O) groups is 1. The zero-order valence-electron chi connectivity index (χ0n) is 21.4. The highest BCUT2D eigenvalue weighted by Gasteiger charge is 2.39. The predicted molar refractivity (Wildman–Crippen MR) is 133 cm³/mol. The van der Waals surface area contributed by atoms with E-state index in [1.54, 1.807) is 0 Å². The van der Waals surface area contributed by atoms with Gasteiger partial charge < -0.3 is 19.3 Å². The molecule has 184 valence electrons. The number of cyclic esters (lactones) is 1. The summed E-state index contributed by atoms with van der Waals surface area (Å²) < 4.78 is 18.6. The van der Waals surface area contributed by atoms with E-state index < -0.39 is 6.10 Å². The molecular weight excluding hydrogens is 428 g/mol. The second-order valence-electron chi connectivity index (χ2n) is 11.4. The van der Waals surface area contributed by atoms with E-state index in [0.717, 1.165) is 40.2 Å². The van der Waals surface area contributed by atoms with Gasteiger partial charge in [-0.3, -0.25) is 4.79 Å². The van der Waals surface area contributed by atoms with Crippen LogP contribution < -0.4 is 9.47 Å². The largest absolute Gasteiger partial charge is 0.488 e. The van der Waals surface area contributed by atoms with Crippen LogP contribution >= 0.6 is 0 Å². The summed E-state index contributed by atoms with van der Waals surface area (Å²) in [5, 5.41) is 10.1. The molecule has 2 aliphatic heterocycles. The van der Waals surface area contributed by atoms with Crippen molar-refractivity contribution < 1.29 is 24.1 Å². The Morgan fingerprint density at radius 1 is 1.18 bits per heavy atom. The predicted octanol–water partition coefficient (Wildman–Crippen LogP) is 5.58. The number of aliphatic hydroxyl groups is 1. The highest BCUT2D eigenvalue weighted by Crippen LogP contribution is 2.50. The Bertz CT molecular complexity index is 1050. The van der Waals surface area contributed by atoms with Crippen LogP contribution in [0, 0.1) is 6.92 Å². The van der Waals surface area contributed by atoms with Gasteiger partial charge >= 0.3 is 5.97 Å². The van der Waals surface area contributed by atoms with E-state index in [4.69, 9.17) is 14.2 Å². The maximum atomic E-state index is 11.9. The van der Waals surface area contributed by atoms with E-state index in [9.17, 15) is 9.90 Å². The maximum absolute atomic E-state index is 11.9. The quantitative estimate of drug-likeness (QED) is 0.563. The number of benzene rings is 2. The van der Waals surface area contributed by atoms with Crippen molar-refractivity contribution in [1.29, 1.82) is 0 Å². The molecule has 1 saturated heterocycles.